The normalized spacial score (nSPS) is 15.1. The highest BCUT2D eigenvalue weighted by Crippen LogP contribution is 2.38. The van der Waals surface area contributed by atoms with E-state index >= 15 is 0 Å². The second-order valence-corrected chi connectivity index (χ2v) is 6.16. The molecule has 0 bridgehead atoms. The molecule has 0 saturated heterocycles. The number of hydrogen-bond donors (Lipinski definition) is 1. The second-order valence-electron chi connectivity index (χ2n) is 3.16. The maximum atomic E-state index is 5.98. The summed E-state index contributed by atoms with van der Waals surface area (Å²) in [6.07, 6.45) is 0. The summed E-state index contributed by atoms with van der Waals surface area (Å²) in [4.78, 5) is 0. The van der Waals surface area contributed by atoms with E-state index in [2.05, 4.69) is 27.0 Å². The molecule has 2 N–H and O–H groups in total. The van der Waals surface area contributed by atoms with Crippen molar-refractivity contribution in [2.75, 3.05) is 0 Å². The Bertz CT molecular complexity index is 383. The van der Waals surface area contributed by atoms with Crippen LogP contribution in [0.15, 0.2) is 26.7 Å². The summed E-state index contributed by atoms with van der Waals surface area (Å²) in [7, 11) is 0. The summed E-state index contributed by atoms with van der Waals surface area (Å²) in [6, 6.07) is 2.22. The van der Waals surface area contributed by atoms with Gasteiger partial charge in [0.2, 0.25) is 0 Å². The zero-order valence-corrected chi connectivity index (χ0v) is 10.6. The van der Waals surface area contributed by atoms with Crippen LogP contribution in [-0.4, -0.2) is 16.2 Å². The van der Waals surface area contributed by atoms with Gasteiger partial charge in [0.05, 0.1) is 5.25 Å². The number of hydrogen-bond acceptors (Lipinski definition) is 6. The Labute approximate surface area is 101 Å². The molecule has 0 aliphatic heterocycles. The van der Waals surface area contributed by atoms with Crippen LogP contribution >= 0.6 is 34.4 Å². The third-order valence-corrected chi connectivity index (χ3v) is 4.92. The van der Waals surface area contributed by atoms with Gasteiger partial charge in [-0.25, -0.2) is 0 Å². The summed E-state index contributed by atoms with van der Waals surface area (Å²) >= 11 is 4.94. The molecule has 2 heterocycles. The zero-order valence-electron chi connectivity index (χ0n) is 8.16. The minimum absolute atomic E-state index is 0.105. The topological polar surface area (TPSA) is 51.8 Å². The largest absolute Gasteiger partial charge is 0.327 e. The lowest BCUT2D eigenvalue weighted by molar-refractivity contribution is 0.722. The van der Waals surface area contributed by atoms with Gasteiger partial charge in [-0.05, 0) is 29.3 Å². The standard InChI is InChI=1S/C9H11N3S3/c1-6(10)8(7-2-3-13-4-7)15-9-12-11-5-14-9/h2-6,8H,10H2,1H3. The molecule has 0 spiro atoms. The van der Waals surface area contributed by atoms with Crippen LogP contribution in [0.25, 0.3) is 0 Å². The molecule has 0 aromatic carbocycles. The number of thioether (sulfide) groups is 1. The fraction of sp³-hybridized carbons (Fsp3) is 0.333. The molecule has 0 saturated carbocycles. The van der Waals surface area contributed by atoms with Crippen LogP contribution in [0.2, 0.25) is 0 Å². The maximum Gasteiger partial charge on any atom is 0.174 e. The Morgan fingerprint density at radius 3 is 2.93 bits per heavy atom. The van der Waals surface area contributed by atoms with Gasteiger partial charge in [-0.15, -0.1) is 10.2 Å². The molecule has 0 amide bonds. The molecule has 2 unspecified atom stereocenters. The number of thiophene rings is 1. The van der Waals surface area contributed by atoms with E-state index in [-0.39, 0.29) is 11.3 Å². The van der Waals surface area contributed by atoms with E-state index in [1.54, 1.807) is 39.9 Å². The molecular formula is C9H11N3S3. The zero-order chi connectivity index (χ0) is 10.7. The van der Waals surface area contributed by atoms with E-state index in [4.69, 9.17) is 5.73 Å². The SMILES string of the molecule is CC(N)C(Sc1nncs1)c1ccsc1. The molecule has 0 radical (unpaired) electrons. The molecule has 0 aliphatic rings. The quantitative estimate of drug-likeness (QED) is 0.856. The predicted molar refractivity (Wildman–Crippen MR) is 66.5 cm³/mol. The fourth-order valence-electron chi connectivity index (χ4n) is 1.24. The van der Waals surface area contributed by atoms with Crippen LogP contribution in [0.1, 0.15) is 17.7 Å². The Kier molecular flexibility index (Phi) is 3.74. The van der Waals surface area contributed by atoms with Crippen molar-refractivity contribution in [2.45, 2.75) is 22.6 Å². The first kappa shape index (κ1) is 11.1. The van der Waals surface area contributed by atoms with Gasteiger partial charge in [0.15, 0.2) is 4.34 Å². The number of rotatable bonds is 4. The lowest BCUT2D eigenvalue weighted by Crippen LogP contribution is -2.22. The predicted octanol–water partition coefficient (Wildman–Crippen LogP) is 2.78. The van der Waals surface area contributed by atoms with Gasteiger partial charge < -0.3 is 5.73 Å². The smallest absolute Gasteiger partial charge is 0.174 e. The Hall–Kier alpha value is -0.430. The molecule has 0 aliphatic carbocycles. The number of nitrogens with zero attached hydrogens (tertiary/aromatic N) is 2. The van der Waals surface area contributed by atoms with E-state index < -0.39 is 0 Å². The molecule has 2 rings (SSSR count). The van der Waals surface area contributed by atoms with Crippen LogP contribution in [0.3, 0.4) is 0 Å². The second kappa shape index (κ2) is 5.07. The summed E-state index contributed by atoms with van der Waals surface area (Å²) in [5.74, 6) is 0. The molecule has 6 heteroatoms. The van der Waals surface area contributed by atoms with Crippen LogP contribution in [0, 0.1) is 0 Å². The number of aromatic nitrogens is 2. The lowest BCUT2D eigenvalue weighted by Gasteiger charge is -2.17. The first-order valence-electron chi connectivity index (χ1n) is 4.48. The molecule has 15 heavy (non-hydrogen) atoms. The van der Waals surface area contributed by atoms with E-state index in [0.29, 0.717) is 0 Å². The molecule has 80 valence electrons. The van der Waals surface area contributed by atoms with Crippen molar-refractivity contribution in [2.24, 2.45) is 5.73 Å². The Morgan fingerprint density at radius 1 is 1.53 bits per heavy atom. The fourth-order valence-corrected chi connectivity index (χ4v) is 3.77. The highest BCUT2D eigenvalue weighted by atomic mass is 32.2. The average Bonchev–Trinajstić information content (AvgIpc) is 2.87. The molecular weight excluding hydrogens is 246 g/mol. The van der Waals surface area contributed by atoms with Crippen molar-refractivity contribution in [3.8, 4) is 0 Å². The summed E-state index contributed by atoms with van der Waals surface area (Å²) in [6.45, 7) is 2.02. The lowest BCUT2D eigenvalue weighted by atomic mass is 10.1. The monoisotopic (exact) mass is 257 g/mol. The Balaban J connectivity index is 2.14. The minimum atomic E-state index is 0.105. The van der Waals surface area contributed by atoms with Crippen molar-refractivity contribution in [3.05, 3.63) is 27.9 Å². The first-order chi connectivity index (χ1) is 7.27. The van der Waals surface area contributed by atoms with E-state index in [1.807, 2.05) is 6.92 Å². The highest BCUT2D eigenvalue weighted by molar-refractivity contribution is 8.01. The first-order valence-corrected chi connectivity index (χ1v) is 7.18. The molecule has 3 nitrogen and oxygen atoms in total. The van der Waals surface area contributed by atoms with E-state index in [1.165, 1.54) is 5.56 Å². The van der Waals surface area contributed by atoms with Crippen molar-refractivity contribution in [3.63, 3.8) is 0 Å². The van der Waals surface area contributed by atoms with E-state index in [9.17, 15) is 0 Å². The minimum Gasteiger partial charge on any atom is -0.327 e. The van der Waals surface area contributed by atoms with E-state index in [0.717, 1.165) is 4.34 Å². The van der Waals surface area contributed by atoms with Crippen LogP contribution < -0.4 is 5.73 Å². The van der Waals surface area contributed by atoms with Gasteiger partial charge in [0, 0.05) is 6.04 Å². The average molecular weight is 257 g/mol. The maximum absolute atomic E-state index is 5.98. The van der Waals surface area contributed by atoms with Crippen molar-refractivity contribution >= 4 is 34.4 Å². The van der Waals surface area contributed by atoms with Gasteiger partial charge in [-0.3, -0.25) is 0 Å². The third-order valence-electron chi connectivity index (χ3n) is 1.92. The van der Waals surface area contributed by atoms with Crippen LogP contribution in [-0.2, 0) is 0 Å². The van der Waals surface area contributed by atoms with Crippen molar-refractivity contribution in [1.29, 1.82) is 0 Å². The van der Waals surface area contributed by atoms with Crippen LogP contribution in [0.5, 0.6) is 0 Å². The summed E-state index contributed by atoms with van der Waals surface area (Å²) < 4.78 is 0.975. The van der Waals surface area contributed by atoms with Gasteiger partial charge >= 0.3 is 0 Å². The summed E-state index contributed by atoms with van der Waals surface area (Å²) in [5, 5.41) is 12.3. The molecule has 0 fully saturated rings. The summed E-state index contributed by atoms with van der Waals surface area (Å²) in [5.41, 5.74) is 9.00. The Morgan fingerprint density at radius 2 is 2.40 bits per heavy atom. The molecule has 2 aromatic rings. The molecule has 2 aromatic heterocycles. The van der Waals surface area contributed by atoms with Gasteiger partial charge in [-0.2, -0.15) is 11.3 Å². The van der Waals surface area contributed by atoms with Gasteiger partial charge in [-0.1, -0.05) is 23.1 Å². The number of nitrogens with two attached hydrogens (primary N) is 1. The van der Waals surface area contributed by atoms with Crippen molar-refractivity contribution < 1.29 is 0 Å². The van der Waals surface area contributed by atoms with Gasteiger partial charge in [0.1, 0.15) is 5.51 Å². The highest BCUT2D eigenvalue weighted by Gasteiger charge is 2.19. The van der Waals surface area contributed by atoms with Crippen LogP contribution in [0.4, 0.5) is 0 Å². The van der Waals surface area contributed by atoms with Crippen molar-refractivity contribution in [1.82, 2.24) is 10.2 Å². The third kappa shape index (κ3) is 2.78. The van der Waals surface area contributed by atoms with Gasteiger partial charge in [0.25, 0.3) is 0 Å². The molecule has 2 atom stereocenters.